The van der Waals surface area contributed by atoms with E-state index in [4.69, 9.17) is 4.74 Å². The number of aliphatic carboxylic acids is 1. The summed E-state index contributed by atoms with van der Waals surface area (Å²) in [5, 5.41) is 9.68. The van der Waals surface area contributed by atoms with Gasteiger partial charge in [0.05, 0.1) is 0 Å². The average Bonchev–Trinajstić information content (AvgIpc) is 2.75. The largest absolute Gasteiger partial charge is 0.480 e. The monoisotopic (exact) mass is 309 g/mol. The van der Waals surface area contributed by atoms with Gasteiger partial charge in [0.2, 0.25) is 0 Å². The van der Waals surface area contributed by atoms with Gasteiger partial charge in [0.1, 0.15) is 11.6 Å². The number of ether oxygens (including phenoxy) is 1. The van der Waals surface area contributed by atoms with Crippen LogP contribution >= 0.6 is 0 Å². The second-order valence-electron chi connectivity index (χ2n) is 7.79. The zero-order valence-electron chi connectivity index (χ0n) is 14.1. The first-order valence-electron chi connectivity index (χ1n) is 7.93. The Morgan fingerprint density at radius 1 is 1.32 bits per heavy atom. The van der Waals surface area contributed by atoms with E-state index in [-0.39, 0.29) is 17.8 Å². The van der Waals surface area contributed by atoms with Crippen LogP contribution in [0.15, 0.2) is 12.2 Å². The van der Waals surface area contributed by atoms with Crippen LogP contribution in [0, 0.1) is 23.7 Å². The van der Waals surface area contributed by atoms with Crippen molar-refractivity contribution in [3.63, 3.8) is 0 Å². The van der Waals surface area contributed by atoms with Crippen LogP contribution in [-0.2, 0) is 9.53 Å². The summed E-state index contributed by atoms with van der Waals surface area (Å²) in [4.78, 5) is 25.7. The Hall–Kier alpha value is -1.52. The maximum atomic E-state index is 12.4. The molecular formula is C17H27NO4. The summed E-state index contributed by atoms with van der Waals surface area (Å²) >= 11 is 0. The number of hydrogen-bond acceptors (Lipinski definition) is 3. The summed E-state index contributed by atoms with van der Waals surface area (Å²) < 4.78 is 5.41. The molecule has 1 amide bonds. The molecule has 0 bridgehead atoms. The maximum absolute atomic E-state index is 12.4. The number of likely N-dealkylation sites (tertiary alicyclic amines) is 1. The van der Waals surface area contributed by atoms with Crippen LogP contribution in [-0.4, -0.2) is 40.3 Å². The van der Waals surface area contributed by atoms with Crippen molar-refractivity contribution in [3.8, 4) is 0 Å². The summed E-state index contributed by atoms with van der Waals surface area (Å²) in [5.74, 6) is -0.403. The van der Waals surface area contributed by atoms with Gasteiger partial charge in [-0.15, -0.1) is 0 Å². The van der Waals surface area contributed by atoms with E-state index in [0.29, 0.717) is 12.5 Å². The lowest BCUT2D eigenvalue weighted by atomic mass is 9.65. The number of nitrogens with zero attached hydrogens (tertiary/aromatic N) is 1. The highest BCUT2D eigenvalue weighted by Gasteiger charge is 2.54. The molecule has 22 heavy (non-hydrogen) atoms. The number of carboxylic acid groups (broad SMARTS) is 1. The zero-order valence-corrected chi connectivity index (χ0v) is 14.1. The van der Waals surface area contributed by atoms with Gasteiger partial charge in [0.15, 0.2) is 0 Å². The third kappa shape index (κ3) is 2.99. The highest BCUT2D eigenvalue weighted by atomic mass is 16.6. The van der Waals surface area contributed by atoms with Gasteiger partial charge < -0.3 is 9.84 Å². The third-order valence-electron chi connectivity index (χ3n) is 5.02. The number of allylic oxidation sites excluding steroid dienone is 1. The van der Waals surface area contributed by atoms with Crippen molar-refractivity contribution in [2.24, 2.45) is 23.7 Å². The standard InChI is InChI=1S/C17H27NO4/c1-9-7-10(2)12-8-18(16(21)22-17(4,5)6)14(15(19)20)13(12)11(9)3/h10-14H,1,7-8H2,2-6H3,(H,19,20)/t10-,11+,12+,13-,14-/m0/s1. The number of carbonyl (C=O) groups is 2. The van der Waals surface area contributed by atoms with Crippen LogP contribution in [0.1, 0.15) is 41.0 Å². The van der Waals surface area contributed by atoms with Gasteiger partial charge in [-0.2, -0.15) is 0 Å². The lowest BCUT2D eigenvalue weighted by Gasteiger charge is -2.38. The van der Waals surface area contributed by atoms with E-state index in [9.17, 15) is 14.7 Å². The fraction of sp³-hybridized carbons (Fsp3) is 0.765. The van der Waals surface area contributed by atoms with Crippen LogP contribution in [0.25, 0.3) is 0 Å². The van der Waals surface area contributed by atoms with Crippen LogP contribution < -0.4 is 0 Å². The molecule has 1 heterocycles. The third-order valence-corrected chi connectivity index (χ3v) is 5.02. The number of carboxylic acids is 1. The SMILES string of the molecule is C=C1C[C@H](C)[C@H]2CN(C(=O)OC(C)(C)C)[C@H](C(=O)O)[C@H]2[C@@H]1C. The smallest absolute Gasteiger partial charge is 0.411 e. The number of hydrogen-bond donors (Lipinski definition) is 1. The number of fused-ring (bicyclic) bond motifs is 1. The quantitative estimate of drug-likeness (QED) is 0.756. The van der Waals surface area contributed by atoms with Crippen molar-refractivity contribution in [2.75, 3.05) is 6.54 Å². The summed E-state index contributed by atoms with van der Waals surface area (Å²) in [5.41, 5.74) is 0.459. The maximum Gasteiger partial charge on any atom is 0.411 e. The first-order chi connectivity index (χ1) is 10.0. The second-order valence-corrected chi connectivity index (χ2v) is 7.79. The van der Waals surface area contributed by atoms with E-state index in [0.717, 1.165) is 12.0 Å². The molecule has 0 spiro atoms. The Labute approximate surface area is 132 Å². The van der Waals surface area contributed by atoms with Gasteiger partial charge in [0, 0.05) is 12.5 Å². The minimum atomic E-state index is -0.952. The molecular weight excluding hydrogens is 282 g/mol. The average molecular weight is 309 g/mol. The molecule has 2 fully saturated rings. The fourth-order valence-electron chi connectivity index (χ4n) is 3.94. The van der Waals surface area contributed by atoms with Gasteiger partial charge in [-0.1, -0.05) is 26.0 Å². The Kier molecular flexibility index (Phi) is 4.28. The molecule has 5 heteroatoms. The molecule has 0 radical (unpaired) electrons. The van der Waals surface area contributed by atoms with Crippen molar-refractivity contribution >= 4 is 12.1 Å². The van der Waals surface area contributed by atoms with E-state index >= 15 is 0 Å². The van der Waals surface area contributed by atoms with E-state index in [1.165, 1.54) is 4.90 Å². The number of carbonyl (C=O) groups excluding carboxylic acids is 1. The first kappa shape index (κ1) is 16.8. The minimum Gasteiger partial charge on any atom is -0.480 e. The van der Waals surface area contributed by atoms with Crippen LogP contribution in [0.4, 0.5) is 4.79 Å². The fourth-order valence-corrected chi connectivity index (χ4v) is 3.94. The molecule has 0 unspecified atom stereocenters. The molecule has 1 aliphatic carbocycles. The second kappa shape index (κ2) is 5.60. The van der Waals surface area contributed by atoms with E-state index in [1.54, 1.807) is 20.8 Å². The van der Waals surface area contributed by atoms with Crippen molar-refractivity contribution in [1.29, 1.82) is 0 Å². The summed E-state index contributed by atoms with van der Waals surface area (Å²) in [6.45, 7) is 14.1. The molecule has 1 saturated heterocycles. The topological polar surface area (TPSA) is 66.8 Å². The molecule has 5 nitrogen and oxygen atoms in total. The van der Waals surface area contributed by atoms with E-state index in [1.807, 2.05) is 6.92 Å². The Morgan fingerprint density at radius 2 is 1.91 bits per heavy atom. The minimum absolute atomic E-state index is 0.0822. The molecule has 1 aliphatic heterocycles. The van der Waals surface area contributed by atoms with Gasteiger partial charge in [-0.25, -0.2) is 9.59 Å². The van der Waals surface area contributed by atoms with Crippen LogP contribution in [0.3, 0.4) is 0 Å². The predicted octanol–water partition coefficient (Wildman–Crippen LogP) is 3.15. The van der Waals surface area contributed by atoms with Crippen LogP contribution in [0.2, 0.25) is 0 Å². The van der Waals surface area contributed by atoms with Gasteiger partial charge in [-0.3, -0.25) is 4.90 Å². The lowest BCUT2D eigenvalue weighted by molar-refractivity contribution is -0.144. The Balaban J connectivity index is 2.31. The normalized spacial score (nSPS) is 35.2. The molecule has 0 aromatic carbocycles. The highest BCUT2D eigenvalue weighted by molar-refractivity contribution is 5.81. The number of rotatable bonds is 1. The predicted molar refractivity (Wildman–Crippen MR) is 83.4 cm³/mol. The van der Waals surface area contributed by atoms with Crippen LogP contribution in [0.5, 0.6) is 0 Å². The molecule has 124 valence electrons. The summed E-state index contributed by atoms with van der Waals surface area (Å²) in [6.07, 6.45) is 0.371. The molecule has 2 rings (SSSR count). The lowest BCUT2D eigenvalue weighted by Crippen LogP contribution is -2.47. The first-order valence-corrected chi connectivity index (χ1v) is 7.93. The summed E-state index contributed by atoms with van der Waals surface area (Å²) in [6, 6.07) is -0.825. The molecule has 2 aliphatic rings. The Bertz CT molecular complexity index is 493. The molecule has 1 N–H and O–H groups in total. The van der Waals surface area contributed by atoms with Gasteiger partial charge in [0.25, 0.3) is 0 Å². The summed E-state index contributed by atoms with van der Waals surface area (Å²) in [7, 11) is 0. The van der Waals surface area contributed by atoms with Gasteiger partial charge >= 0.3 is 12.1 Å². The van der Waals surface area contributed by atoms with Crippen molar-refractivity contribution in [3.05, 3.63) is 12.2 Å². The van der Waals surface area contributed by atoms with Gasteiger partial charge in [-0.05, 0) is 44.9 Å². The van der Waals surface area contributed by atoms with E-state index in [2.05, 4.69) is 13.5 Å². The molecule has 1 saturated carbocycles. The number of amides is 1. The van der Waals surface area contributed by atoms with E-state index < -0.39 is 23.7 Å². The molecule has 0 aromatic heterocycles. The van der Waals surface area contributed by atoms with Crippen molar-refractivity contribution < 1.29 is 19.4 Å². The van der Waals surface area contributed by atoms with Crippen molar-refractivity contribution in [1.82, 2.24) is 4.90 Å². The molecule has 5 atom stereocenters. The zero-order chi connectivity index (χ0) is 16.8. The highest BCUT2D eigenvalue weighted by Crippen LogP contribution is 2.48. The Morgan fingerprint density at radius 3 is 2.41 bits per heavy atom. The molecule has 0 aromatic rings. The van der Waals surface area contributed by atoms with Crippen molar-refractivity contribution in [2.45, 2.75) is 52.7 Å².